The van der Waals surface area contributed by atoms with Gasteiger partial charge in [0.1, 0.15) is 17.1 Å². The topological polar surface area (TPSA) is 30.2 Å². The second kappa shape index (κ2) is 5.01. The van der Waals surface area contributed by atoms with Gasteiger partial charge in [0.05, 0.1) is 0 Å². The second-order valence-corrected chi connectivity index (χ2v) is 7.23. The van der Waals surface area contributed by atoms with Crippen LogP contribution in [0.4, 0.5) is 0 Å². The maximum absolute atomic E-state index is 12.5. The molecule has 0 spiro atoms. The van der Waals surface area contributed by atoms with Crippen molar-refractivity contribution in [1.29, 1.82) is 0 Å². The van der Waals surface area contributed by atoms with E-state index in [2.05, 4.69) is 52.0 Å². The van der Waals surface area contributed by atoms with Crippen molar-refractivity contribution in [1.82, 2.24) is 0 Å². The molecule has 2 atom stereocenters. The highest BCUT2D eigenvalue weighted by atomic mass is 16.3. The number of rotatable bonds is 2. The van der Waals surface area contributed by atoms with Crippen LogP contribution in [0.1, 0.15) is 51.4 Å². The zero-order valence-electron chi connectivity index (χ0n) is 13.4. The Morgan fingerprint density at radius 3 is 2.67 bits per heavy atom. The number of carbonyl (C=O) groups excluding carboxylic acids is 1. The third-order valence-corrected chi connectivity index (χ3v) is 5.13. The number of aryl methyl sites for hydroxylation is 1. The lowest BCUT2D eigenvalue weighted by Crippen LogP contribution is -2.38. The summed E-state index contributed by atoms with van der Waals surface area (Å²) < 4.78 is 6.14. The Labute approximate surface area is 126 Å². The Morgan fingerprint density at radius 2 is 2.00 bits per heavy atom. The molecule has 1 aromatic carbocycles. The number of carbonyl (C=O) groups is 1. The van der Waals surface area contributed by atoms with Gasteiger partial charge < -0.3 is 4.42 Å². The summed E-state index contributed by atoms with van der Waals surface area (Å²) in [4.78, 5) is 12.5. The molecule has 0 aliphatic heterocycles. The Morgan fingerprint density at radius 1 is 1.24 bits per heavy atom. The zero-order chi connectivity index (χ0) is 15.2. The van der Waals surface area contributed by atoms with Crippen LogP contribution in [0.15, 0.2) is 28.7 Å². The van der Waals surface area contributed by atoms with Crippen LogP contribution in [0.3, 0.4) is 0 Å². The Bertz CT molecular complexity index is 678. The lowest BCUT2D eigenvalue weighted by atomic mass is 9.67. The van der Waals surface area contributed by atoms with E-state index in [4.69, 9.17) is 4.42 Å². The number of hydrogen-bond acceptors (Lipinski definition) is 2. The second-order valence-electron chi connectivity index (χ2n) is 7.23. The first-order valence-electron chi connectivity index (χ1n) is 7.92. The number of benzene rings is 1. The van der Waals surface area contributed by atoms with E-state index in [1.807, 2.05) is 0 Å². The molecule has 2 unspecified atom stereocenters. The molecule has 1 heterocycles. The third kappa shape index (κ3) is 2.41. The average Bonchev–Trinajstić information content (AvgIpc) is 2.84. The molecule has 21 heavy (non-hydrogen) atoms. The summed E-state index contributed by atoms with van der Waals surface area (Å²) in [5.74, 6) is 1.95. The molecule has 0 radical (unpaired) electrons. The number of para-hydroxylation sites is 1. The number of hydrogen-bond donors (Lipinski definition) is 0. The summed E-state index contributed by atoms with van der Waals surface area (Å²) in [6.07, 6.45) is 2.83. The number of furan rings is 1. The molecule has 2 heteroatoms. The van der Waals surface area contributed by atoms with Gasteiger partial charge in [0.15, 0.2) is 0 Å². The molecule has 112 valence electrons. The van der Waals surface area contributed by atoms with Crippen molar-refractivity contribution >= 4 is 16.8 Å². The summed E-state index contributed by atoms with van der Waals surface area (Å²) in [6, 6.07) is 8.32. The number of Topliss-reactive ketones (excluding diaryl/α,β-unsaturated/α-hetero) is 1. The first-order chi connectivity index (χ1) is 9.89. The van der Waals surface area contributed by atoms with Gasteiger partial charge in [-0.05, 0) is 37.3 Å². The fourth-order valence-corrected chi connectivity index (χ4v) is 3.66. The minimum Gasteiger partial charge on any atom is -0.460 e. The fraction of sp³-hybridized carbons (Fsp3) is 0.526. The minimum atomic E-state index is -0.233. The molecule has 1 saturated carbocycles. The molecular formula is C19H24O2. The van der Waals surface area contributed by atoms with Crippen LogP contribution in [0.2, 0.25) is 0 Å². The molecule has 1 aliphatic rings. The van der Waals surface area contributed by atoms with Crippen molar-refractivity contribution in [3.05, 3.63) is 35.6 Å². The van der Waals surface area contributed by atoms with Gasteiger partial charge in [-0.2, -0.15) is 0 Å². The predicted octanol–water partition coefficient (Wildman–Crippen LogP) is 5.02. The van der Waals surface area contributed by atoms with Crippen molar-refractivity contribution in [3.63, 3.8) is 0 Å². The maximum Gasteiger partial charge on any atom is 0.137 e. The molecule has 0 amide bonds. The van der Waals surface area contributed by atoms with Gasteiger partial charge in [-0.15, -0.1) is 0 Å². The van der Waals surface area contributed by atoms with Crippen LogP contribution in [0.5, 0.6) is 0 Å². The van der Waals surface area contributed by atoms with Gasteiger partial charge >= 0.3 is 0 Å². The standard InChI is InChI=1S/C19H24O2/c1-12-8-9-15(16(20)10-12)19(3,4)17-11-14-7-5-6-13(2)18(14)21-17/h5-7,11-12,15H,8-10H2,1-4H3. The van der Waals surface area contributed by atoms with E-state index in [1.165, 1.54) is 0 Å². The Kier molecular flexibility index (Phi) is 3.43. The number of ketones is 1. The molecule has 3 rings (SSSR count). The third-order valence-electron chi connectivity index (χ3n) is 5.13. The van der Waals surface area contributed by atoms with E-state index in [0.29, 0.717) is 18.1 Å². The van der Waals surface area contributed by atoms with Gasteiger partial charge in [-0.3, -0.25) is 4.79 Å². The van der Waals surface area contributed by atoms with Crippen LogP contribution in [0, 0.1) is 18.8 Å². The van der Waals surface area contributed by atoms with Crippen LogP contribution in [-0.2, 0) is 10.2 Å². The van der Waals surface area contributed by atoms with Crippen LogP contribution in [-0.4, -0.2) is 5.78 Å². The number of fused-ring (bicyclic) bond motifs is 1. The quantitative estimate of drug-likeness (QED) is 0.774. The summed E-state index contributed by atoms with van der Waals surface area (Å²) in [5, 5.41) is 1.13. The van der Waals surface area contributed by atoms with Crippen LogP contribution in [0.25, 0.3) is 11.0 Å². The normalized spacial score (nSPS) is 23.7. The monoisotopic (exact) mass is 284 g/mol. The summed E-state index contributed by atoms with van der Waals surface area (Å²) in [7, 11) is 0. The highest BCUT2D eigenvalue weighted by molar-refractivity contribution is 5.85. The van der Waals surface area contributed by atoms with E-state index < -0.39 is 0 Å². The molecule has 0 N–H and O–H groups in total. The van der Waals surface area contributed by atoms with Gasteiger partial charge in [0.25, 0.3) is 0 Å². The lowest BCUT2D eigenvalue weighted by molar-refractivity contribution is -0.128. The molecular weight excluding hydrogens is 260 g/mol. The van der Waals surface area contributed by atoms with Crippen molar-refractivity contribution in [2.24, 2.45) is 11.8 Å². The molecule has 1 fully saturated rings. The van der Waals surface area contributed by atoms with Gasteiger partial charge in [0.2, 0.25) is 0 Å². The van der Waals surface area contributed by atoms with E-state index in [0.717, 1.165) is 35.1 Å². The Hall–Kier alpha value is -1.57. The average molecular weight is 284 g/mol. The summed E-state index contributed by atoms with van der Waals surface area (Å²) >= 11 is 0. The van der Waals surface area contributed by atoms with Gasteiger partial charge in [0, 0.05) is 23.1 Å². The van der Waals surface area contributed by atoms with Crippen molar-refractivity contribution < 1.29 is 9.21 Å². The zero-order valence-corrected chi connectivity index (χ0v) is 13.4. The predicted molar refractivity (Wildman–Crippen MR) is 85.5 cm³/mol. The van der Waals surface area contributed by atoms with Crippen LogP contribution >= 0.6 is 0 Å². The fourth-order valence-electron chi connectivity index (χ4n) is 3.66. The van der Waals surface area contributed by atoms with Crippen molar-refractivity contribution in [2.75, 3.05) is 0 Å². The molecule has 0 saturated heterocycles. The molecule has 1 aliphatic carbocycles. The van der Waals surface area contributed by atoms with E-state index in [9.17, 15) is 4.79 Å². The van der Waals surface area contributed by atoms with E-state index >= 15 is 0 Å². The van der Waals surface area contributed by atoms with Crippen molar-refractivity contribution in [2.45, 2.75) is 52.4 Å². The molecule has 0 bridgehead atoms. The maximum atomic E-state index is 12.5. The smallest absolute Gasteiger partial charge is 0.137 e. The van der Waals surface area contributed by atoms with Crippen LogP contribution < -0.4 is 0 Å². The van der Waals surface area contributed by atoms with Crippen molar-refractivity contribution in [3.8, 4) is 0 Å². The minimum absolute atomic E-state index is 0.0783. The van der Waals surface area contributed by atoms with Gasteiger partial charge in [-0.1, -0.05) is 39.0 Å². The lowest BCUT2D eigenvalue weighted by Gasteiger charge is -2.36. The summed E-state index contributed by atoms with van der Waals surface area (Å²) in [6.45, 7) is 8.54. The Balaban J connectivity index is 1.99. The molecule has 2 nitrogen and oxygen atoms in total. The first kappa shape index (κ1) is 14.4. The largest absolute Gasteiger partial charge is 0.460 e. The van der Waals surface area contributed by atoms with E-state index in [-0.39, 0.29) is 11.3 Å². The highest BCUT2D eigenvalue weighted by Gasteiger charge is 2.41. The SMILES string of the molecule is Cc1cccc2cc(C(C)(C)C3CCC(C)CC3=O)oc12. The summed E-state index contributed by atoms with van der Waals surface area (Å²) in [5.41, 5.74) is 1.87. The molecule has 1 aromatic heterocycles. The van der Waals surface area contributed by atoms with E-state index in [1.54, 1.807) is 0 Å². The molecule has 2 aromatic rings. The highest BCUT2D eigenvalue weighted by Crippen LogP contribution is 2.42. The van der Waals surface area contributed by atoms with Gasteiger partial charge in [-0.25, -0.2) is 0 Å². The first-order valence-corrected chi connectivity index (χ1v) is 7.92.